The van der Waals surface area contributed by atoms with Crippen LogP contribution < -0.4 is 5.32 Å². The van der Waals surface area contributed by atoms with Gasteiger partial charge in [0.25, 0.3) is 0 Å². The fraction of sp³-hybridized carbons (Fsp3) is 0.250. The van der Waals surface area contributed by atoms with Gasteiger partial charge in [0.2, 0.25) is 12.0 Å². The molecule has 1 aliphatic rings. The predicted molar refractivity (Wildman–Crippen MR) is 177 cm³/mol. The van der Waals surface area contributed by atoms with Gasteiger partial charge in [-0.25, -0.2) is 4.39 Å². The van der Waals surface area contributed by atoms with Crippen LogP contribution in [0.1, 0.15) is 30.0 Å². The minimum atomic E-state index is -1.03. The molecule has 7 nitrogen and oxygen atoms in total. The normalized spacial score (nSPS) is 13.3. The first-order chi connectivity index (χ1) is 20.7. The topological polar surface area (TPSA) is 106 Å². The number of hydrogen-bond donors (Lipinski definition) is 1. The van der Waals surface area contributed by atoms with E-state index in [4.69, 9.17) is 10.5 Å². The summed E-state index contributed by atoms with van der Waals surface area (Å²) in [5.74, 6) is 1.15. The summed E-state index contributed by atoms with van der Waals surface area (Å²) in [6, 6.07) is 22.1. The number of ether oxygens (including phenoxy) is 2. The standard InChI is InChI=1S/C26H21FNO2S.C6H13NO3S2.Y/c1-17-23(14-18-8-11-21(12-9-18)31(2)30)22-13-10-19(27)15-25(22)24(17)16-26(29)28-20-6-4-3-5-7-20;1-9-2-4-11-12-5-3-10-6(7)8;/h4-15H,16H2,1-2H3,(H,28,29);2-5H2,1H3,(H2,7,8);/q-1;;/p-1/b23-14-;;. The number of carbonyl (C=O) groups excluding carboxylic acids is 2. The SMILES string of the molecule is CC1=C(CC(=O)Nc2cc[c-]cc2)c2cc(F)ccc2/C1=C\c1ccc(S(C)=O)cc1.COCCSSCCOC([NH-])=O.[Y]. The van der Waals surface area contributed by atoms with Crippen LogP contribution in [0.2, 0.25) is 0 Å². The van der Waals surface area contributed by atoms with Gasteiger partial charge in [-0.15, -0.1) is 12.1 Å². The van der Waals surface area contributed by atoms with Crippen LogP contribution in [0.25, 0.3) is 23.0 Å². The van der Waals surface area contributed by atoms with E-state index in [1.807, 2.05) is 37.3 Å². The van der Waals surface area contributed by atoms with E-state index in [0.29, 0.717) is 12.3 Å². The van der Waals surface area contributed by atoms with E-state index in [1.165, 1.54) is 12.1 Å². The molecule has 3 aromatic rings. The second-order valence-corrected chi connectivity index (χ2v) is 13.2. The molecule has 0 fully saturated rings. The number of fused-ring (bicyclic) bond motifs is 1. The van der Waals surface area contributed by atoms with Crippen molar-refractivity contribution >= 4 is 67.3 Å². The molecule has 1 atom stereocenters. The zero-order valence-corrected chi connectivity index (χ0v) is 30.0. The summed E-state index contributed by atoms with van der Waals surface area (Å²) in [6.45, 7) is 3.00. The van der Waals surface area contributed by atoms with Gasteiger partial charge in [-0.2, -0.15) is 18.2 Å². The van der Waals surface area contributed by atoms with Crippen molar-refractivity contribution in [1.29, 1.82) is 0 Å². The van der Waals surface area contributed by atoms with Gasteiger partial charge in [0.15, 0.2) is 0 Å². The van der Waals surface area contributed by atoms with Crippen molar-refractivity contribution in [2.75, 3.05) is 43.4 Å². The third-order valence-electron chi connectivity index (χ3n) is 6.17. The average molecular weight is 730 g/mol. The molecule has 44 heavy (non-hydrogen) atoms. The number of rotatable bonds is 12. The molecule has 2 amide bonds. The first-order valence-corrected chi connectivity index (χ1v) is 17.3. The van der Waals surface area contributed by atoms with Gasteiger partial charge in [0.05, 0.1) is 19.6 Å². The molecule has 231 valence electrons. The van der Waals surface area contributed by atoms with Gasteiger partial charge in [0, 0.05) is 73.3 Å². The van der Waals surface area contributed by atoms with Crippen molar-refractivity contribution in [3.05, 3.63) is 107 Å². The van der Waals surface area contributed by atoms with Crippen LogP contribution in [-0.4, -0.2) is 54.3 Å². The second kappa shape index (κ2) is 20.0. The van der Waals surface area contributed by atoms with Crippen LogP contribution in [0.15, 0.2) is 77.2 Å². The van der Waals surface area contributed by atoms with Crippen LogP contribution in [0.4, 0.5) is 14.9 Å². The minimum Gasteiger partial charge on any atom is -0.632 e. The summed E-state index contributed by atoms with van der Waals surface area (Å²) in [5, 5.41) is 2.88. The number of carbonyl (C=O) groups is 2. The Morgan fingerprint density at radius 2 is 1.68 bits per heavy atom. The van der Waals surface area contributed by atoms with E-state index >= 15 is 0 Å². The van der Waals surface area contributed by atoms with Gasteiger partial charge in [-0.1, -0.05) is 45.5 Å². The van der Waals surface area contributed by atoms with Crippen molar-refractivity contribution in [2.45, 2.75) is 18.2 Å². The summed E-state index contributed by atoms with van der Waals surface area (Å²) in [7, 11) is 3.91. The summed E-state index contributed by atoms with van der Waals surface area (Å²) in [4.78, 5) is 23.4. The molecule has 0 saturated carbocycles. The quantitative estimate of drug-likeness (QED) is 0.115. The third kappa shape index (κ3) is 12.3. The Labute approximate surface area is 293 Å². The fourth-order valence-corrected chi connectivity index (χ4v) is 6.40. The molecule has 0 aliphatic heterocycles. The van der Waals surface area contributed by atoms with Crippen LogP contribution in [0.5, 0.6) is 0 Å². The third-order valence-corrected chi connectivity index (χ3v) is 9.44. The Morgan fingerprint density at radius 1 is 1.02 bits per heavy atom. The van der Waals surface area contributed by atoms with Crippen LogP contribution in [0.3, 0.4) is 0 Å². The molecule has 2 N–H and O–H groups in total. The first-order valence-electron chi connectivity index (χ1n) is 13.2. The maximum absolute atomic E-state index is 14.0. The van der Waals surface area contributed by atoms with E-state index in [0.717, 1.165) is 56.4 Å². The van der Waals surface area contributed by atoms with Crippen molar-refractivity contribution in [1.82, 2.24) is 0 Å². The van der Waals surface area contributed by atoms with Crippen molar-refractivity contribution in [2.24, 2.45) is 0 Å². The number of nitrogens with one attached hydrogen (secondary N) is 2. The van der Waals surface area contributed by atoms with Crippen molar-refractivity contribution in [3.63, 3.8) is 0 Å². The monoisotopic (exact) mass is 729 g/mol. The zero-order chi connectivity index (χ0) is 31.2. The Morgan fingerprint density at radius 3 is 2.30 bits per heavy atom. The maximum atomic E-state index is 14.0. The molecule has 4 rings (SSSR count). The summed E-state index contributed by atoms with van der Waals surface area (Å²) >= 11 is 0. The Kier molecular flexibility index (Phi) is 17.2. The van der Waals surface area contributed by atoms with Gasteiger partial charge >= 0.3 is 0 Å². The number of halogens is 1. The van der Waals surface area contributed by atoms with E-state index in [2.05, 4.69) is 16.1 Å². The van der Waals surface area contributed by atoms with Gasteiger partial charge in [-0.05, 0) is 70.7 Å². The molecule has 0 bridgehead atoms. The van der Waals surface area contributed by atoms with Crippen LogP contribution in [0, 0.1) is 11.9 Å². The van der Waals surface area contributed by atoms with Crippen molar-refractivity contribution < 1.29 is 60.4 Å². The van der Waals surface area contributed by atoms with E-state index in [1.54, 1.807) is 65.3 Å². The largest absolute Gasteiger partial charge is 0.632 e. The Hall–Kier alpha value is -2.28. The molecule has 1 radical (unpaired) electrons. The zero-order valence-electron chi connectivity index (χ0n) is 24.7. The van der Waals surface area contributed by atoms with E-state index in [9.17, 15) is 18.2 Å². The number of allylic oxidation sites excluding steroid dienone is 2. The first kappa shape index (κ1) is 37.9. The van der Waals surface area contributed by atoms with Crippen LogP contribution in [-0.2, 0) is 57.8 Å². The molecule has 1 aliphatic carbocycles. The summed E-state index contributed by atoms with van der Waals surface area (Å²) in [5.41, 5.74) is 12.4. The molecule has 1 unspecified atom stereocenters. The van der Waals surface area contributed by atoms with Gasteiger partial charge in [0.1, 0.15) is 5.82 Å². The predicted octanol–water partition coefficient (Wildman–Crippen LogP) is 7.92. The molecule has 3 aromatic carbocycles. The average Bonchev–Trinajstić information content (AvgIpc) is 3.22. The number of methoxy groups -OCH3 is 1. The molecular formula is C32H33FN2O5S3Y-2. The summed E-state index contributed by atoms with van der Waals surface area (Å²) in [6.07, 6.45) is 2.85. The molecule has 0 heterocycles. The van der Waals surface area contributed by atoms with E-state index < -0.39 is 16.9 Å². The minimum absolute atomic E-state index is 0. The smallest absolute Gasteiger partial charge is 0.227 e. The molecule has 12 heteroatoms. The Bertz CT molecular complexity index is 1480. The molecule has 0 spiro atoms. The van der Waals surface area contributed by atoms with Crippen molar-refractivity contribution in [3.8, 4) is 0 Å². The molecular weight excluding hydrogens is 696 g/mol. The number of anilines is 1. The maximum Gasteiger partial charge on any atom is 0.227 e. The number of amides is 2. The number of benzene rings is 3. The van der Waals surface area contributed by atoms with Gasteiger partial charge < -0.3 is 20.5 Å². The van der Waals surface area contributed by atoms with Gasteiger partial charge in [-0.3, -0.25) is 13.8 Å². The second-order valence-electron chi connectivity index (χ2n) is 9.16. The van der Waals surface area contributed by atoms with Crippen LogP contribution >= 0.6 is 21.6 Å². The molecule has 0 aromatic heterocycles. The Balaban J connectivity index is 0.000000444. The summed E-state index contributed by atoms with van der Waals surface area (Å²) < 4.78 is 34.9. The number of hydrogen-bond acceptors (Lipinski definition) is 7. The fourth-order valence-electron chi connectivity index (χ4n) is 4.14. The van der Waals surface area contributed by atoms with E-state index in [-0.39, 0.29) is 50.9 Å². The molecule has 0 saturated heterocycles.